The summed E-state index contributed by atoms with van der Waals surface area (Å²) >= 11 is 0. The fourth-order valence-electron chi connectivity index (χ4n) is 2.85. The summed E-state index contributed by atoms with van der Waals surface area (Å²) in [6, 6.07) is 12.6. The standard InChI is InChI=1S/C20H29N3O4S/c1-22(2)16-9-7-15(8-10-16)18(23(3)4)14-21-28(24,25)20-13-17(26-5)11-12-19(20)27-6/h7-13,18,21H,14H2,1-6H3/t18-/m0/s1. The van der Waals surface area contributed by atoms with Gasteiger partial charge in [-0.05, 0) is 43.9 Å². The van der Waals surface area contributed by atoms with Crippen LogP contribution in [-0.2, 0) is 10.0 Å². The van der Waals surface area contributed by atoms with Gasteiger partial charge < -0.3 is 19.3 Å². The van der Waals surface area contributed by atoms with Gasteiger partial charge >= 0.3 is 0 Å². The molecule has 0 bridgehead atoms. The molecule has 0 saturated heterocycles. The first-order valence-corrected chi connectivity index (χ1v) is 10.3. The van der Waals surface area contributed by atoms with Crippen LogP contribution in [0.15, 0.2) is 47.4 Å². The van der Waals surface area contributed by atoms with E-state index in [0.29, 0.717) is 5.75 Å². The molecule has 2 aromatic carbocycles. The Hall–Kier alpha value is -2.29. The number of sulfonamides is 1. The second-order valence-electron chi connectivity index (χ2n) is 6.83. The Morgan fingerprint density at radius 2 is 1.61 bits per heavy atom. The molecule has 154 valence electrons. The summed E-state index contributed by atoms with van der Waals surface area (Å²) in [4.78, 5) is 4.05. The molecule has 0 radical (unpaired) electrons. The second kappa shape index (κ2) is 9.27. The third kappa shape index (κ3) is 5.15. The highest BCUT2D eigenvalue weighted by molar-refractivity contribution is 7.89. The van der Waals surface area contributed by atoms with Gasteiger partial charge in [-0.3, -0.25) is 0 Å². The lowest BCUT2D eigenvalue weighted by Gasteiger charge is -2.26. The van der Waals surface area contributed by atoms with Gasteiger partial charge in [0.05, 0.1) is 14.2 Å². The van der Waals surface area contributed by atoms with Crippen molar-refractivity contribution in [1.82, 2.24) is 9.62 Å². The van der Waals surface area contributed by atoms with Crippen molar-refractivity contribution in [3.63, 3.8) is 0 Å². The lowest BCUT2D eigenvalue weighted by molar-refractivity contribution is 0.299. The van der Waals surface area contributed by atoms with E-state index in [1.807, 2.05) is 62.3 Å². The average Bonchev–Trinajstić information content (AvgIpc) is 2.67. The van der Waals surface area contributed by atoms with E-state index >= 15 is 0 Å². The molecule has 28 heavy (non-hydrogen) atoms. The summed E-state index contributed by atoms with van der Waals surface area (Å²) in [5, 5.41) is 0. The van der Waals surface area contributed by atoms with E-state index in [2.05, 4.69) is 4.72 Å². The molecule has 0 aliphatic carbocycles. The van der Waals surface area contributed by atoms with E-state index in [4.69, 9.17) is 9.47 Å². The van der Waals surface area contributed by atoms with E-state index < -0.39 is 10.0 Å². The molecule has 2 aromatic rings. The Kier molecular flexibility index (Phi) is 7.29. The maximum Gasteiger partial charge on any atom is 0.244 e. The minimum absolute atomic E-state index is 0.0508. The van der Waals surface area contributed by atoms with E-state index in [-0.39, 0.29) is 23.2 Å². The predicted molar refractivity (Wildman–Crippen MR) is 112 cm³/mol. The zero-order valence-electron chi connectivity index (χ0n) is 17.3. The number of rotatable bonds is 9. The van der Waals surface area contributed by atoms with Crippen LogP contribution in [0.4, 0.5) is 5.69 Å². The quantitative estimate of drug-likeness (QED) is 0.688. The molecule has 1 atom stereocenters. The molecule has 1 N–H and O–H groups in total. The Morgan fingerprint density at radius 1 is 0.964 bits per heavy atom. The number of anilines is 1. The number of hydrogen-bond donors (Lipinski definition) is 1. The first kappa shape index (κ1) is 22.0. The minimum Gasteiger partial charge on any atom is -0.497 e. The van der Waals surface area contributed by atoms with Crippen molar-refractivity contribution in [3.8, 4) is 11.5 Å². The number of ether oxygens (including phenoxy) is 2. The number of benzene rings is 2. The maximum absolute atomic E-state index is 12.9. The molecular formula is C20H29N3O4S. The van der Waals surface area contributed by atoms with Crippen molar-refractivity contribution < 1.29 is 17.9 Å². The van der Waals surface area contributed by atoms with Crippen molar-refractivity contribution in [3.05, 3.63) is 48.0 Å². The molecule has 0 heterocycles. The van der Waals surface area contributed by atoms with Crippen molar-refractivity contribution in [2.45, 2.75) is 10.9 Å². The fraction of sp³-hybridized carbons (Fsp3) is 0.400. The number of methoxy groups -OCH3 is 2. The fourth-order valence-corrected chi connectivity index (χ4v) is 4.07. The topological polar surface area (TPSA) is 71.1 Å². The Morgan fingerprint density at radius 3 is 2.11 bits per heavy atom. The Labute approximate surface area is 167 Å². The molecule has 0 unspecified atom stereocenters. The Bertz CT molecular complexity index is 881. The molecule has 7 nitrogen and oxygen atoms in total. The van der Waals surface area contributed by atoms with Gasteiger partial charge in [0.1, 0.15) is 16.4 Å². The van der Waals surface area contributed by atoms with Crippen LogP contribution in [0, 0.1) is 0 Å². The van der Waals surface area contributed by atoms with Crippen LogP contribution in [0.3, 0.4) is 0 Å². The highest BCUT2D eigenvalue weighted by Gasteiger charge is 2.23. The van der Waals surface area contributed by atoms with Crippen molar-refractivity contribution in [2.75, 3.05) is 53.9 Å². The molecule has 8 heteroatoms. The second-order valence-corrected chi connectivity index (χ2v) is 8.57. The zero-order chi connectivity index (χ0) is 20.9. The van der Waals surface area contributed by atoms with Crippen LogP contribution in [-0.4, -0.2) is 62.3 Å². The van der Waals surface area contributed by atoms with Crippen molar-refractivity contribution in [1.29, 1.82) is 0 Å². The number of hydrogen-bond acceptors (Lipinski definition) is 6. The van der Waals surface area contributed by atoms with Crippen LogP contribution in [0.5, 0.6) is 11.5 Å². The van der Waals surface area contributed by atoms with Crippen molar-refractivity contribution in [2.24, 2.45) is 0 Å². The Balaban J connectivity index is 2.25. The van der Waals surface area contributed by atoms with Crippen LogP contribution >= 0.6 is 0 Å². The molecule has 0 amide bonds. The van der Waals surface area contributed by atoms with Gasteiger partial charge in [-0.2, -0.15) is 0 Å². The van der Waals surface area contributed by atoms with Crippen LogP contribution in [0.25, 0.3) is 0 Å². The number of nitrogens with zero attached hydrogens (tertiary/aromatic N) is 2. The number of likely N-dealkylation sites (N-methyl/N-ethyl adjacent to an activating group) is 1. The molecule has 0 aliphatic rings. The van der Waals surface area contributed by atoms with Gasteiger partial charge in [-0.1, -0.05) is 12.1 Å². The smallest absolute Gasteiger partial charge is 0.244 e. The van der Waals surface area contributed by atoms with Gasteiger partial charge in [0, 0.05) is 38.4 Å². The third-order valence-corrected chi connectivity index (χ3v) is 5.99. The third-order valence-electron chi connectivity index (χ3n) is 4.54. The van der Waals surface area contributed by atoms with Gasteiger partial charge in [0.15, 0.2) is 0 Å². The summed E-state index contributed by atoms with van der Waals surface area (Å²) in [5.41, 5.74) is 2.11. The molecule has 0 aromatic heterocycles. The van der Waals surface area contributed by atoms with Gasteiger partial charge in [-0.25, -0.2) is 13.1 Å². The van der Waals surface area contributed by atoms with E-state index in [1.165, 1.54) is 20.3 Å². The molecular weight excluding hydrogens is 378 g/mol. The van der Waals surface area contributed by atoms with Gasteiger partial charge in [0.2, 0.25) is 10.0 Å². The lowest BCUT2D eigenvalue weighted by Crippen LogP contribution is -2.34. The summed E-state index contributed by atoms with van der Waals surface area (Å²) in [6.07, 6.45) is 0. The maximum atomic E-state index is 12.9. The summed E-state index contributed by atoms with van der Waals surface area (Å²) in [7, 11) is 6.95. The van der Waals surface area contributed by atoms with E-state index in [1.54, 1.807) is 12.1 Å². The number of nitrogens with one attached hydrogen (secondary N) is 1. The van der Waals surface area contributed by atoms with Gasteiger partial charge in [0.25, 0.3) is 0 Å². The predicted octanol–water partition coefficient (Wildman–Crippen LogP) is 2.35. The normalized spacial score (nSPS) is 12.7. The summed E-state index contributed by atoms with van der Waals surface area (Å²) in [6.45, 7) is 0.219. The zero-order valence-corrected chi connectivity index (χ0v) is 18.1. The molecule has 0 fully saturated rings. The highest BCUT2D eigenvalue weighted by atomic mass is 32.2. The first-order chi connectivity index (χ1) is 13.2. The largest absolute Gasteiger partial charge is 0.497 e. The molecule has 2 rings (SSSR count). The van der Waals surface area contributed by atoms with Crippen LogP contribution in [0.2, 0.25) is 0 Å². The summed E-state index contributed by atoms with van der Waals surface area (Å²) < 4.78 is 38.9. The molecule has 0 saturated carbocycles. The van der Waals surface area contributed by atoms with Crippen molar-refractivity contribution >= 4 is 15.7 Å². The minimum atomic E-state index is -3.78. The molecule has 0 aliphatic heterocycles. The average molecular weight is 408 g/mol. The van der Waals surface area contributed by atoms with Crippen LogP contribution in [0.1, 0.15) is 11.6 Å². The lowest BCUT2D eigenvalue weighted by atomic mass is 10.1. The van der Waals surface area contributed by atoms with Crippen LogP contribution < -0.4 is 19.1 Å². The van der Waals surface area contributed by atoms with E-state index in [0.717, 1.165) is 11.3 Å². The summed E-state index contributed by atoms with van der Waals surface area (Å²) in [5.74, 6) is 0.717. The SMILES string of the molecule is COc1ccc(OC)c(S(=O)(=O)NC[C@@H](c2ccc(N(C)C)cc2)N(C)C)c1. The van der Waals surface area contributed by atoms with Gasteiger partial charge in [-0.15, -0.1) is 0 Å². The highest BCUT2D eigenvalue weighted by Crippen LogP contribution is 2.28. The first-order valence-electron chi connectivity index (χ1n) is 8.85. The molecule has 0 spiro atoms. The monoisotopic (exact) mass is 407 g/mol. The van der Waals surface area contributed by atoms with E-state index in [9.17, 15) is 8.42 Å².